The molecule has 0 saturated carbocycles. The van der Waals surface area contributed by atoms with Crippen molar-refractivity contribution >= 4 is 78.0 Å². The van der Waals surface area contributed by atoms with E-state index in [1.807, 2.05) is 36.4 Å². The molecule has 0 radical (unpaired) electrons. The molecule has 6 nitrogen and oxygen atoms in total. The lowest BCUT2D eigenvalue weighted by atomic mass is 10.1. The first-order valence-electron chi connectivity index (χ1n) is 9.07. The van der Waals surface area contributed by atoms with Gasteiger partial charge in [0.15, 0.2) is 0 Å². The van der Waals surface area contributed by atoms with Gasteiger partial charge < -0.3 is 10.1 Å². The number of benzene rings is 3. The summed E-state index contributed by atoms with van der Waals surface area (Å²) in [6.45, 7) is 2.21. The second kappa shape index (κ2) is 8.95. The molecular formula is C21H16Cl2N4O2S. The first-order valence-corrected chi connectivity index (χ1v) is 10.6. The van der Waals surface area contributed by atoms with E-state index in [2.05, 4.69) is 20.5 Å². The Hall–Kier alpha value is -2.74. The van der Waals surface area contributed by atoms with Crippen LogP contribution in [0.3, 0.4) is 0 Å². The highest BCUT2D eigenvalue weighted by Gasteiger charge is 2.09. The monoisotopic (exact) mass is 458 g/mol. The largest absolute Gasteiger partial charge is 0.464 e. The van der Waals surface area contributed by atoms with Crippen LogP contribution in [0.5, 0.6) is 0 Å². The number of nitrogens with zero attached hydrogens (tertiary/aromatic N) is 3. The third kappa shape index (κ3) is 4.53. The van der Waals surface area contributed by atoms with Crippen molar-refractivity contribution in [3.63, 3.8) is 0 Å². The predicted octanol–water partition coefficient (Wildman–Crippen LogP) is 7.15. The Morgan fingerprint density at radius 2 is 1.87 bits per heavy atom. The minimum Gasteiger partial charge on any atom is -0.464 e. The fraction of sp³-hybridized carbons (Fsp3) is 0.143. The molecule has 30 heavy (non-hydrogen) atoms. The Kier molecular flexibility index (Phi) is 6.13. The van der Waals surface area contributed by atoms with E-state index in [1.54, 1.807) is 12.1 Å². The van der Waals surface area contributed by atoms with Crippen LogP contribution in [0.2, 0.25) is 10.0 Å². The van der Waals surface area contributed by atoms with Crippen LogP contribution in [-0.2, 0) is 9.53 Å². The number of nitrogens with one attached hydrogen (secondary N) is 1. The van der Waals surface area contributed by atoms with Gasteiger partial charge in [-0.05, 0) is 24.3 Å². The smallest absolute Gasteiger partial charge is 0.302 e. The van der Waals surface area contributed by atoms with Gasteiger partial charge in [0.25, 0.3) is 0 Å². The Morgan fingerprint density at radius 1 is 1.10 bits per heavy atom. The molecule has 0 amide bonds. The van der Waals surface area contributed by atoms with Gasteiger partial charge in [-0.3, -0.25) is 4.79 Å². The van der Waals surface area contributed by atoms with Gasteiger partial charge in [0.2, 0.25) is 5.13 Å². The number of hydrogen-bond donors (Lipinski definition) is 1. The lowest BCUT2D eigenvalue weighted by Gasteiger charge is -2.11. The van der Waals surface area contributed by atoms with Gasteiger partial charge in [-0.1, -0.05) is 58.8 Å². The van der Waals surface area contributed by atoms with Crippen molar-refractivity contribution in [3.05, 3.63) is 58.6 Å². The highest BCUT2D eigenvalue weighted by atomic mass is 35.5. The first-order chi connectivity index (χ1) is 14.5. The van der Waals surface area contributed by atoms with E-state index in [0.29, 0.717) is 28.3 Å². The number of aromatic nitrogens is 1. The Balaban J connectivity index is 1.60. The molecule has 1 heterocycles. The average Bonchev–Trinajstić information content (AvgIpc) is 3.11. The number of carbonyl (C=O) groups excluding carboxylic acids is 1. The number of fused-ring (bicyclic) bond motifs is 2. The molecule has 0 unspecified atom stereocenters. The summed E-state index contributed by atoms with van der Waals surface area (Å²) < 4.78 is 5.87. The lowest BCUT2D eigenvalue weighted by molar-refractivity contribution is -0.140. The van der Waals surface area contributed by atoms with E-state index in [9.17, 15) is 4.79 Å². The number of hydrogen-bond acceptors (Lipinski definition) is 7. The summed E-state index contributed by atoms with van der Waals surface area (Å²) in [5.74, 6) is -0.295. The number of rotatable bonds is 6. The number of esters is 1. The molecule has 0 fully saturated rings. The van der Waals surface area contributed by atoms with Crippen molar-refractivity contribution in [3.8, 4) is 0 Å². The van der Waals surface area contributed by atoms with Crippen LogP contribution in [0.25, 0.3) is 21.0 Å². The summed E-state index contributed by atoms with van der Waals surface area (Å²) >= 11 is 13.5. The highest BCUT2D eigenvalue weighted by Crippen LogP contribution is 2.36. The molecule has 3 aromatic carbocycles. The lowest BCUT2D eigenvalue weighted by Crippen LogP contribution is -2.11. The highest BCUT2D eigenvalue weighted by molar-refractivity contribution is 7.22. The minimum absolute atomic E-state index is 0.295. The second-order valence-electron chi connectivity index (χ2n) is 6.38. The van der Waals surface area contributed by atoms with Crippen molar-refractivity contribution in [2.24, 2.45) is 10.2 Å². The molecule has 9 heteroatoms. The number of carbonyl (C=O) groups is 1. The molecule has 1 aromatic heterocycles. The van der Waals surface area contributed by atoms with Crippen molar-refractivity contribution < 1.29 is 9.53 Å². The zero-order chi connectivity index (χ0) is 21.1. The Bertz CT molecular complexity index is 1230. The van der Waals surface area contributed by atoms with Gasteiger partial charge in [-0.15, -0.1) is 10.2 Å². The molecule has 0 aliphatic rings. The quantitative estimate of drug-likeness (QED) is 0.189. The molecule has 0 saturated heterocycles. The van der Waals surface area contributed by atoms with E-state index < -0.39 is 0 Å². The molecule has 0 aliphatic heterocycles. The van der Waals surface area contributed by atoms with Gasteiger partial charge in [0, 0.05) is 29.9 Å². The van der Waals surface area contributed by atoms with E-state index in [-0.39, 0.29) is 5.97 Å². The van der Waals surface area contributed by atoms with E-state index in [0.717, 1.165) is 32.4 Å². The molecule has 0 atom stereocenters. The van der Waals surface area contributed by atoms with Crippen LogP contribution in [0.4, 0.5) is 16.5 Å². The molecule has 4 aromatic rings. The average molecular weight is 459 g/mol. The molecular weight excluding hydrogens is 443 g/mol. The molecule has 0 spiro atoms. The van der Waals surface area contributed by atoms with Gasteiger partial charge in [-0.2, -0.15) is 0 Å². The maximum absolute atomic E-state index is 10.9. The van der Waals surface area contributed by atoms with E-state index in [1.165, 1.54) is 18.3 Å². The SMILES string of the molecule is CC(=O)OCCNc1ccc(N=Nc2nc3cc(Cl)c(Cl)cc3s2)c2ccccc12. The van der Waals surface area contributed by atoms with E-state index >= 15 is 0 Å². The van der Waals surface area contributed by atoms with Crippen LogP contribution in [0, 0.1) is 0 Å². The number of thiazole rings is 1. The summed E-state index contributed by atoms with van der Waals surface area (Å²) in [4.78, 5) is 15.4. The van der Waals surface area contributed by atoms with Crippen LogP contribution in [-0.4, -0.2) is 24.1 Å². The molecule has 0 aliphatic carbocycles. The van der Waals surface area contributed by atoms with Gasteiger partial charge in [0.05, 0.1) is 25.9 Å². The maximum Gasteiger partial charge on any atom is 0.302 e. The number of ether oxygens (including phenoxy) is 1. The molecule has 152 valence electrons. The van der Waals surface area contributed by atoms with Gasteiger partial charge in [-0.25, -0.2) is 4.98 Å². The third-order valence-electron chi connectivity index (χ3n) is 4.29. The normalized spacial score (nSPS) is 11.4. The Labute approximate surface area is 186 Å². The fourth-order valence-electron chi connectivity index (χ4n) is 2.96. The summed E-state index contributed by atoms with van der Waals surface area (Å²) in [6, 6.07) is 15.2. The number of halogens is 2. The second-order valence-corrected chi connectivity index (χ2v) is 8.20. The summed E-state index contributed by atoms with van der Waals surface area (Å²) in [6.07, 6.45) is 0. The van der Waals surface area contributed by atoms with Crippen LogP contribution >= 0.6 is 34.5 Å². The number of azo groups is 1. The summed E-state index contributed by atoms with van der Waals surface area (Å²) in [7, 11) is 0. The predicted molar refractivity (Wildman–Crippen MR) is 123 cm³/mol. The molecule has 0 bridgehead atoms. The van der Waals surface area contributed by atoms with Crippen molar-refractivity contribution in [1.82, 2.24) is 4.98 Å². The standard InChI is InChI=1S/C21H16Cl2N4O2S/c1-12(28)29-9-8-24-17-6-7-18(14-5-3-2-4-13(14)17)26-27-21-25-19-10-15(22)16(23)11-20(19)30-21/h2-7,10-11,24H,8-9H2,1H3. The van der Waals surface area contributed by atoms with Crippen LogP contribution in [0.1, 0.15) is 6.92 Å². The Morgan fingerprint density at radius 3 is 2.67 bits per heavy atom. The van der Waals surface area contributed by atoms with E-state index in [4.69, 9.17) is 27.9 Å². The maximum atomic E-state index is 10.9. The molecule has 1 N–H and O–H groups in total. The van der Waals surface area contributed by atoms with Crippen molar-refractivity contribution in [2.45, 2.75) is 6.92 Å². The zero-order valence-electron chi connectivity index (χ0n) is 15.9. The summed E-state index contributed by atoms with van der Waals surface area (Å²) in [5, 5.41) is 15.4. The van der Waals surface area contributed by atoms with Gasteiger partial charge >= 0.3 is 5.97 Å². The first kappa shape index (κ1) is 20.5. The van der Waals surface area contributed by atoms with Crippen LogP contribution < -0.4 is 5.32 Å². The topological polar surface area (TPSA) is 75.9 Å². The summed E-state index contributed by atoms with van der Waals surface area (Å²) in [5.41, 5.74) is 2.40. The number of anilines is 1. The zero-order valence-corrected chi connectivity index (χ0v) is 18.2. The van der Waals surface area contributed by atoms with Crippen molar-refractivity contribution in [2.75, 3.05) is 18.5 Å². The third-order valence-corrected chi connectivity index (χ3v) is 5.91. The molecule has 4 rings (SSSR count). The van der Waals surface area contributed by atoms with Gasteiger partial charge in [0.1, 0.15) is 6.61 Å². The minimum atomic E-state index is -0.295. The van der Waals surface area contributed by atoms with Crippen LogP contribution in [0.15, 0.2) is 58.8 Å². The van der Waals surface area contributed by atoms with Crippen molar-refractivity contribution in [1.29, 1.82) is 0 Å². The fourth-order valence-corrected chi connectivity index (χ4v) is 4.15.